The molecule has 1 amide bonds. The van der Waals surface area contributed by atoms with Crippen molar-refractivity contribution in [2.75, 3.05) is 10.7 Å². The first kappa shape index (κ1) is 20.6. The Labute approximate surface area is 179 Å². The van der Waals surface area contributed by atoms with Crippen LogP contribution in [0.2, 0.25) is 0 Å². The number of aromatic nitrogens is 2. The fourth-order valence-electron chi connectivity index (χ4n) is 3.06. The van der Waals surface area contributed by atoms with Crippen LogP contribution in [-0.4, -0.2) is 20.8 Å². The van der Waals surface area contributed by atoms with Gasteiger partial charge in [-0.05, 0) is 29.0 Å². The molecule has 3 N–H and O–H groups in total. The van der Waals surface area contributed by atoms with Crippen LogP contribution < -0.4 is 16.2 Å². The van der Waals surface area contributed by atoms with E-state index in [0.29, 0.717) is 10.9 Å². The van der Waals surface area contributed by atoms with Crippen molar-refractivity contribution in [2.45, 2.75) is 0 Å². The minimum absolute atomic E-state index is 0.340. The van der Waals surface area contributed by atoms with Crippen LogP contribution >= 0.6 is 0 Å². The first-order chi connectivity index (χ1) is 15.4. The van der Waals surface area contributed by atoms with Gasteiger partial charge < -0.3 is 5.32 Å². The maximum Gasteiger partial charge on any atom is 0.355 e. The van der Waals surface area contributed by atoms with E-state index in [4.69, 9.17) is 0 Å². The summed E-state index contributed by atoms with van der Waals surface area (Å²) in [5.41, 5.74) is 4.10. The highest BCUT2D eigenvalue weighted by Crippen LogP contribution is 2.31. The maximum absolute atomic E-state index is 13.9. The number of nitrogens with one attached hydrogen (secondary N) is 3. The number of carbonyl (C=O) groups is 1. The Bertz CT molecular complexity index is 1340. The number of fused-ring (bicyclic) bond motifs is 1. The van der Waals surface area contributed by atoms with Crippen LogP contribution in [-0.2, 0) is 0 Å². The average Bonchev–Trinajstić information content (AvgIpc) is 2.79. The average molecular weight is 436 g/mol. The largest absolute Gasteiger partial charge is 0.355 e. The third-order valence-corrected chi connectivity index (χ3v) is 4.52. The van der Waals surface area contributed by atoms with Gasteiger partial charge in [-0.2, -0.15) is 0 Å². The summed E-state index contributed by atoms with van der Waals surface area (Å²) in [6.45, 7) is 0. The van der Waals surface area contributed by atoms with Gasteiger partial charge >= 0.3 is 5.69 Å². The standard InChI is InChI=1S/C21H14F2N6O3/c22-13-8-9-16(23)17(10-13)26-19-18(29(31)32)20(25-11-24-19)27-28-21(30)15-7-3-5-12-4-1-2-6-14(12)15/h1-11H,(H,28,30)(H2,24,25,26,27). The van der Waals surface area contributed by atoms with Crippen LogP contribution in [0.25, 0.3) is 10.8 Å². The molecule has 0 aliphatic rings. The molecule has 0 aliphatic heterocycles. The number of hydrogen-bond acceptors (Lipinski definition) is 7. The summed E-state index contributed by atoms with van der Waals surface area (Å²) < 4.78 is 27.4. The smallest absolute Gasteiger partial charge is 0.332 e. The Morgan fingerprint density at radius 1 is 0.969 bits per heavy atom. The number of benzene rings is 3. The van der Waals surface area contributed by atoms with Crippen molar-refractivity contribution in [3.8, 4) is 0 Å². The summed E-state index contributed by atoms with van der Waals surface area (Å²) in [6, 6.07) is 15.0. The molecule has 0 saturated heterocycles. The molecule has 0 saturated carbocycles. The van der Waals surface area contributed by atoms with E-state index in [1.54, 1.807) is 24.3 Å². The van der Waals surface area contributed by atoms with Crippen molar-refractivity contribution in [1.29, 1.82) is 0 Å². The zero-order chi connectivity index (χ0) is 22.7. The Hall–Kier alpha value is -4.67. The summed E-state index contributed by atoms with van der Waals surface area (Å²) in [6.07, 6.45) is 0.971. The van der Waals surface area contributed by atoms with Crippen LogP contribution in [0.1, 0.15) is 10.4 Å². The topological polar surface area (TPSA) is 122 Å². The fourth-order valence-corrected chi connectivity index (χ4v) is 3.06. The number of anilines is 3. The molecule has 160 valence electrons. The molecule has 0 unspecified atom stereocenters. The number of carbonyl (C=O) groups excluding carboxylic acids is 1. The van der Waals surface area contributed by atoms with Crippen LogP contribution in [0, 0.1) is 21.7 Å². The van der Waals surface area contributed by atoms with Gasteiger partial charge in [0.2, 0.25) is 11.6 Å². The monoisotopic (exact) mass is 436 g/mol. The van der Waals surface area contributed by atoms with Crippen LogP contribution in [0.3, 0.4) is 0 Å². The summed E-state index contributed by atoms with van der Waals surface area (Å²) in [5, 5.41) is 15.6. The van der Waals surface area contributed by atoms with Crippen molar-refractivity contribution >= 4 is 39.7 Å². The Balaban J connectivity index is 1.61. The van der Waals surface area contributed by atoms with Gasteiger partial charge in [-0.1, -0.05) is 36.4 Å². The second-order valence-corrected chi connectivity index (χ2v) is 6.53. The SMILES string of the molecule is O=C(NNc1ncnc(Nc2cc(F)ccc2F)c1[N+](=O)[O-])c1cccc2ccccc12. The lowest BCUT2D eigenvalue weighted by Gasteiger charge is -2.12. The zero-order valence-corrected chi connectivity index (χ0v) is 16.2. The molecule has 11 heteroatoms. The van der Waals surface area contributed by atoms with Gasteiger partial charge in [-0.3, -0.25) is 25.8 Å². The Kier molecular flexibility index (Phi) is 5.53. The molecule has 0 aliphatic carbocycles. The second kappa shape index (κ2) is 8.60. The molecule has 1 heterocycles. The molecule has 4 aromatic rings. The maximum atomic E-state index is 13.9. The lowest BCUT2D eigenvalue weighted by molar-refractivity contribution is -0.383. The van der Waals surface area contributed by atoms with Crippen molar-refractivity contribution < 1.29 is 18.5 Å². The molecule has 4 rings (SSSR count). The normalized spacial score (nSPS) is 10.6. The molecule has 0 fully saturated rings. The molecule has 0 spiro atoms. The molecule has 0 bridgehead atoms. The molecule has 1 aromatic heterocycles. The first-order valence-corrected chi connectivity index (χ1v) is 9.19. The number of rotatable bonds is 6. The minimum Gasteiger partial charge on any atom is -0.332 e. The molecular weight excluding hydrogens is 422 g/mol. The van der Waals surface area contributed by atoms with E-state index in [-0.39, 0.29) is 11.5 Å². The van der Waals surface area contributed by atoms with E-state index in [0.717, 1.165) is 29.9 Å². The van der Waals surface area contributed by atoms with E-state index in [2.05, 4.69) is 26.1 Å². The van der Waals surface area contributed by atoms with Gasteiger partial charge in [0.05, 0.1) is 10.6 Å². The number of hydrazine groups is 1. The minimum atomic E-state index is -0.835. The van der Waals surface area contributed by atoms with Crippen LogP contribution in [0.5, 0.6) is 0 Å². The third-order valence-electron chi connectivity index (χ3n) is 4.52. The Morgan fingerprint density at radius 2 is 1.72 bits per heavy atom. The summed E-state index contributed by atoms with van der Waals surface area (Å²) in [5.74, 6) is -2.88. The number of nitrogens with zero attached hydrogens (tertiary/aromatic N) is 3. The Morgan fingerprint density at radius 3 is 2.53 bits per heavy atom. The summed E-state index contributed by atoms with van der Waals surface area (Å²) >= 11 is 0. The van der Waals surface area contributed by atoms with Crippen LogP contribution in [0.4, 0.5) is 31.8 Å². The number of nitro groups is 1. The predicted octanol–water partition coefficient (Wildman–Crippen LogP) is 4.32. The third kappa shape index (κ3) is 4.12. The molecule has 0 radical (unpaired) electrons. The highest BCUT2D eigenvalue weighted by atomic mass is 19.1. The van der Waals surface area contributed by atoms with Crippen molar-refractivity contribution in [2.24, 2.45) is 0 Å². The van der Waals surface area contributed by atoms with Crippen molar-refractivity contribution in [1.82, 2.24) is 15.4 Å². The van der Waals surface area contributed by atoms with Gasteiger partial charge in [0.25, 0.3) is 5.91 Å². The number of hydrogen-bond donors (Lipinski definition) is 3. The first-order valence-electron chi connectivity index (χ1n) is 9.19. The van der Waals surface area contributed by atoms with Gasteiger partial charge in [0, 0.05) is 11.6 Å². The molecule has 9 nitrogen and oxygen atoms in total. The fraction of sp³-hybridized carbons (Fsp3) is 0. The number of halogens is 2. The number of amides is 1. The van der Waals surface area contributed by atoms with E-state index in [1.807, 2.05) is 18.2 Å². The van der Waals surface area contributed by atoms with Crippen molar-refractivity contribution in [3.05, 3.63) is 94.3 Å². The van der Waals surface area contributed by atoms with E-state index < -0.39 is 34.0 Å². The zero-order valence-electron chi connectivity index (χ0n) is 16.2. The van der Waals surface area contributed by atoms with Crippen molar-refractivity contribution in [3.63, 3.8) is 0 Å². The second-order valence-electron chi connectivity index (χ2n) is 6.53. The lowest BCUT2D eigenvalue weighted by Crippen LogP contribution is -2.30. The predicted molar refractivity (Wildman–Crippen MR) is 113 cm³/mol. The highest BCUT2D eigenvalue weighted by molar-refractivity contribution is 6.07. The molecule has 3 aromatic carbocycles. The van der Waals surface area contributed by atoms with E-state index in [9.17, 15) is 23.7 Å². The van der Waals surface area contributed by atoms with Crippen LogP contribution in [0.15, 0.2) is 67.0 Å². The molecular formula is C21H14F2N6O3. The molecule has 32 heavy (non-hydrogen) atoms. The van der Waals surface area contributed by atoms with E-state index >= 15 is 0 Å². The summed E-state index contributed by atoms with van der Waals surface area (Å²) in [4.78, 5) is 31.0. The lowest BCUT2D eigenvalue weighted by atomic mass is 10.0. The molecule has 0 atom stereocenters. The quantitative estimate of drug-likeness (QED) is 0.304. The van der Waals surface area contributed by atoms with Gasteiger partial charge in [-0.25, -0.2) is 18.7 Å². The summed E-state index contributed by atoms with van der Waals surface area (Å²) in [7, 11) is 0. The van der Waals surface area contributed by atoms with E-state index in [1.165, 1.54) is 0 Å². The van der Waals surface area contributed by atoms with Gasteiger partial charge in [-0.15, -0.1) is 0 Å². The highest BCUT2D eigenvalue weighted by Gasteiger charge is 2.24. The van der Waals surface area contributed by atoms with Gasteiger partial charge in [0.1, 0.15) is 18.0 Å². The van der Waals surface area contributed by atoms with Gasteiger partial charge in [0.15, 0.2) is 0 Å².